The number of rotatable bonds is 5. The minimum absolute atomic E-state index is 0.206. The molecule has 3 aromatic rings. The molecule has 1 aromatic heterocycles. The summed E-state index contributed by atoms with van der Waals surface area (Å²) in [7, 11) is 0. The number of aromatic nitrogens is 1. The molecule has 3 N–H and O–H groups in total. The lowest BCUT2D eigenvalue weighted by Crippen LogP contribution is -2.28. The van der Waals surface area contributed by atoms with Gasteiger partial charge in [-0.1, -0.05) is 30.3 Å². The molecule has 1 heterocycles. The van der Waals surface area contributed by atoms with Crippen molar-refractivity contribution in [2.75, 3.05) is 10.6 Å². The molecule has 0 aliphatic heterocycles. The van der Waals surface area contributed by atoms with Crippen molar-refractivity contribution >= 4 is 23.3 Å². The van der Waals surface area contributed by atoms with E-state index in [4.69, 9.17) is 0 Å². The van der Waals surface area contributed by atoms with Gasteiger partial charge in [-0.15, -0.1) is 0 Å². The van der Waals surface area contributed by atoms with Gasteiger partial charge in [-0.05, 0) is 42.5 Å². The number of nitrogens with one attached hydrogen (secondary N) is 3. The maximum Gasteiger partial charge on any atom is 0.319 e. The van der Waals surface area contributed by atoms with Crippen molar-refractivity contribution in [1.82, 2.24) is 10.3 Å². The van der Waals surface area contributed by atoms with Gasteiger partial charge in [-0.3, -0.25) is 9.78 Å². The first-order valence-electron chi connectivity index (χ1n) is 8.12. The molecule has 0 aliphatic carbocycles. The topological polar surface area (TPSA) is 83.1 Å². The fraction of sp³-hybridized carbons (Fsp3) is 0.0500. The van der Waals surface area contributed by atoms with Crippen molar-refractivity contribution in [3.63, 3.8) is 0 Å². The van der Waals surface area contributed by atoms with E-state index < -0.39 is 0 Å². The third-order valence-electron chi connectivity index (χ3n) is 3.57. The van der Waals surface area contributed by atoms with Crippen LogP contribution in [0.15, 0.2) is 79.0 Å². The van der Waals surface area contributed by atoms with Crippen LogP contribution in [-0.4, -0.2) is 16.9 Å². The van der Waals surface area contributed by atoms with E-state index in [0.717, 1.165) is 5.69 Å². The Hall–Kier alpha value is -3.67. The molecular formula is C20H18N4O2. The smallest absolute Gasteiger partial charge is 0.319 e. The summed E-state index contributed by atoms with van der Waals surface area (Å²) in [5.74, 6) is -0.206. The van der Waals surface area contributed by atoms with Crippen LogP contribution in [0.25, 0.3) is 0 Å². The summed E-state index contributed by atoms with van der Waals surface area (Å²) in [5, 5.41) is 8.28. The maximum absolute atomic E-state index is 12.2. The molecule has 3 rings (SSSR count). The maximum atomic E-state index is 12.2. The Labute approximate surface area is 151 Å². The lowest BCUT2D eigenvalue weighted by molar-refractivity contribution is 0.102. The molecule has 0 radical (unpaired) electrons. The molecular weight excluding hydrogens is 328 g/mol. The minimum Gasteiger partial charge on any atom is -0.332 e. The van der Waals surface area contributed by atoms with Crippen LogP contribution in [0.4, 0.5) is 16.2 Å². The Balaban J connectivity index is 1.57. The molecule has 0 spiro atoms. The van der Waals surface area contributed by atoms with Crippen molar-refractivity contribution in [1.29, 1.82) is 0 Å². The summed E-state index contributed by atoms with van der Waals surface area (Å²) in [6.45, 7) is 0.330. The van der Waals surface area contributed by atoms with Crippen molar-refractivity contribution in [2.45, 2.75) is 6.54 Å². The number of anilines is 2. The summed E-state index contributed by atoms with van der Waals surface area (Å²) in [6, 6.07) is 21.1. The number of hydrogen-bond donors (Lipinski definition) is 3. The van der Waals surface area contributed by atoms with Crippen molar-refractivity contribution < 1.29 is 9.59 Å². The summed E-state index contributed by atoms with van der Waals surface area (Å²) in [6.07, 6.45) is 1.67. The number of carbonyl (C=O) groups is 2. The number of carbonyl (C=O) groups excluding carboxylic acids is 2. The van der Waals surface area contributed by atoms with Crippen LogP contribution in [0, 0.1) is 0 Å². The highest BCUT2D eigenvalue weighted by Gasteiger charge is 2.07. The SMILES string of the molecule is O=C(NCc1ccccn1)Nc1cccc(NC(=O)c2ccccc2)c1. The van der Waals surface area contributed by atoms with Gasteiger partial charge in [0.1, 0.15) is 0 Å². The average Bonchev–Trinajstić information content (AvgIpc) is 2.68. The van der Waals surface area contributed by atoms with Gasteiger partial charge in [0, 0.05) is 23.1 Å². The lowest BCUT2D eigenvalue weighted by atomic mass is 10.2. The third-order valence-corrected chi connectivity index (χ3v) is 3.57. The standard InChI is InChI=1S/C20H18N4O2/c25-19(15-7-2-1-3-8-15)23-16-10-6-11-17(13-16)24-20(26)22-14-18-9-4-5-12-21-18/h1-13H,14H2,(H,23,25)(H2,22,24,26). The Bertz CT molecular complexity index is 883. The third kappa shape index (κ3) is 4.91. The lowest BCUT2D eigenvalue weighted by Gasteiger charge is -2.10. The number of urea groups is 1. The van der Waals surface area contributed by atoms with Gasteiger partial charge in [0.05, 0.1) is 12.2 Å². The normalized spacial score (nSPS) is 10.0. The predicted octanol–water partition coefficient (Wildman–Crippen LogP) is 3.66. The van der Waals surface area contributed by atoms with E-state index in [1.54, 1.807) is 54.7 Å². The van der Waals surface area contributed by atoms with Crippen molar-refractivity contribution in [2.24, 2.45) is 0 Å². The zero-order valence-corrected chi connectivity index (χ0v) is 14.0. The van der Waals surface area contributed by atoms with E-state index in [1.165, 1.54) is 0 Å². The first-order chi connectivity index (χ1) is 12.7. The predicted molar refractivity (Wildman–Crippen MR) is 101 cm³/mol. The van der Waals surface area contributed by atoms with Gasteiger partial charge in [0.15, 0.2) is 0 Å². The molecule has 26 heavy (non-hydrogen) atoms. The van der Waals surface area contributed by atoms with Gasteiger partial charge in [-0.25, -0.2) is 4.79 Å². The second-order valence-corrected chi connectivity index (χ2v) is 5.53. The summed E-state index contributed by atoms with van der Waals surface area (Å²) in [4.78, 5) is 28.3. The van der Waals surface area contributed by atoms with Crippen LogP contribution in [0.5, 0.6) is 0 Å². The van der Waals surface area contributed by atoms with Crippen LogP contribution >= 0.6 is 0 Å². The highest BCUT2D eigenvalue weighted by molar-refractivity contribution is 6.04. The van der Waals surface area contributed by atoms with Crippen LogP contribution in [-0.2, 0) is 6.54 Å². The Morgan fingerprint density at radius 1 is 0.808 bits per heavy atom. The summed E-state index contributed by atoms with van der Waals surface area (Å²) < 4.78 is 0. The van der Waals surface area contributed by atoms with E-state index in [2.05, 4.69) is 20.9 Å². The quantitative estimate of drug-likeness (QED) is 0.659. The second-order valence-electron chi connectivity index (χ2n) is 5.53. The number of benzene rings is 2. The molecule has 6 nitrogen and oxygen atoms in total. The molecule has 2 aromatic carbocycles. The molecule has 3 amide bonds. The first-order valence-corrected chi connectivity index (χ1v) is 8.12. The fourth-order valence-electron chi connectivity index (χ4n) is 2.32. The van der Waals surface area contributed by atoms with E-state index in [1.807, 2.05) is 24.3 Å². The molecule has 0 aliphatic rings. The molecule has 130 valence electrons. The number of amides is 3. The Morgan fingerprint density at radius 3 is 2.27 bits per heavy atom. The van der Waals surface area contributed by atoms with E-state index in [0.29, 0.717) is 23.5 Å². The van der Waals surface area contributed by atoms with Crippen molar-refractivity contribution in [3.8, 4) is 0 Å². The van der Waals surface area contributed by atoms with Crippen LogP contribution in [0.3, 0.4) is 0 Å². The zero-order valence-electron chi connectivity index (χ0n) is 14.0. The monoisotopic (exact) mass is 346 g/mol. The number of pyridine rings is 1. The molecule has 0 atom stereocenters. The molecule has 0 unspecified atom stereocenters. The Morgan fingerprint density at radius 2 is 1.54 bits per heavy atom. The molecule has 0 saturated heterocycles. The van der Waals surface area contributed by atoms with E-state index in [-0.39, 0.29) is 11.9 Å². The average molecular weight is 346 g/mol. The first kappa shape index (κ1) is 17.2. The molecule has 0 bridgehead atoms. The van der Waals surface area contributed by atoms with Gasteiger partial charge in [-0.2, -0.15) is 0 Å². The highest BCUT2D eigenvalue weighted by atomic mass is 16.2. The highest BCUT2D eigenvalue weighted by Crippen LogP contribution is 2.16. The van der Waals surface area contributed by atoms with E-state index in [9.17, 15) is 9.59 Å². The van der Waals surface area contributed by atoms with Gasteiger partial charge in [0.2, 0.25) is 0 Å². The minimum atomic E-state index is -0.345. The van der Waals surface area contributed by atoms with Crippen molar-refractivity contribution in [3.05, 3.63) is 90.3 Å². The van der Waals surface area contributed by atoms with Gasteiger partial charge >= 0.3 is 6.03 Å². The van der Waals surface area contributed by atoms with E-state index >= 15 is 0 Å². The second kappa shape index (κ2) is 8.43. The summed E-state index contributed by atoms with van der Waals surface area (Å²) in [5.41, 5.74) is 2.52. The van der Waals surface area contributed by atoms with Crippen LogP contribution in [0.2, 0.25) is 0 Å². The largest absolute Gasteiger partial charge is 0.332 e. The number of hydrogen-bond acceptors (Lipinski definition) is 3. The Kier molecular flexibility index (Phi) is 5.57. The number of nitrogens with zero attached hydrogens (tertiary/aromatic N) is 1. The summed E-state index contributed by atoms with van der Waals surface area (Å²) >= 11 is 0. The molecule has 0 saturated carbocycles. The zero-order chi connectivity index (χ0) is 18.2. The fourth-order valence-corrected chi connectivity index (χ4v) is 2.32. The van der Waals surface area contributed by atoms with Gasteiger partial charge in [0.25, 0.3) is 5.91 Å². The molecule has 0 fully saturated rings. The van der Waals surface area contributed by atoms with Gasteiger partial charge < -0.3 is 16.0 Å². The molecule has 6 heteroatoms. The van der Waals surface area contributed by atoms with Crippen LogP contribution < -0.4 is 16.0 Å². The van der Waals surface area contributed by atoms with Crippen LogP contribution in [0.1, 0.15) is 16.1 Å².